The molecular formula is C19H18ClNO4. The predicted molar refractivity (Wildman–Crippen MR) is 91.7 cm³/mol. The summed E-state index contributed by atoms with van der Waals surface area (Å²) in [5.74, 6) is -0.387. The van der Waals surface area contributed by atoms with Gasteiger partial charge in [-0.05, 0) is 31.0 Å². The summed E-state index contributed by atoms with van der Waals surface area (Å²) in [7, 11) is 0. The van der Waals surface area contributed by atoms with Crippen molar-refractivity contribution in [3.8, 4) is 0 Å². The first-order valence-electron chi connectivity index (χ1n) is 8.31. The van der Waals surface area contributed by atoms with E-state index in [0.29, 0.717) is 34.7 Å². The van der Waals surface area contributed by atoms with Crippen LogP contribution in [-0.4, -0.2) is 29.0 Å². The lowest BCUT2D eigenvalue weighted by atomic mass is 9.94. The Bertz CT molecular complexity index is 788. The van der Waals surface area contributed by atoms with E-state index >= 15 is 0 Å². The molecule has 4 rings (SSSR count). The molecule has 2 aromatic rings. The van der Waals surface area contributed by atoms with Crippen molar-refractivity contribution in [3.05, 3.63) is 70.2 Å². The summed E-state index contributed by atoms with van der Waals surface area (Å²) < 4.78 is 5.59. The standard InChI is InChI=1S/C19H18ClNO4/c20-14-10-8-13(9-11-14)19(23)16-6-2-1-5-15(16)18(22)21(19)25-17-7-3-4-12-24-17/h1-2,5-6,8-11,17,23H,3-4,7,12H2. The number of hydroxylamine groups is 2. The second-order valence-electron chi connectivity index (χ2n) is 6.23. The summed E-state index contributed by atoms with van der Waals surface area (Å²) in [6, 6.07) is 13.7. The van der Waals surface area contributed by atoms with Crippen LogP contribution in [0.25, 0.3) is 0 Å². The van der Waals surface area contributed by atoms with Crippen molar-refractivity contribution in [1.29, 1.82) is 0 Å². The third-order valence-electron chi connectivity index (χ3n) is 4.62. The minimum atomic E-state index is -1.72. The Balaban J connectivity index is 1.78. The fourth-order valence-corrected chi connectivity index (χ4v) is 3.46. The number of fused-ring (bicyclic) bond motifs is 1. The van der Waals surface area contributed by atoms with Crippen molar-refractivity contribution >= 4 is 17.5 Å². The third-order valence-corrected chi connectivity index (χ3v) is 4.87. The molecule has 2 aliphatic heterocycles. The number of carbonyl (C=O) groups excluding carboxylic acids is 1. The Morgan fingerprint density at radius 3 is 2.64 bits per heavy atom. The molecule has 1 fully saturated rings. The summed E-state index contributed by atoms with van der Waals surface area (Å²) in [5.41, 5.74) is -0.320. The van der Waals surface area contributed by atoms with E-state index in [9.17, 15) is 9.90 Å². The van der Waals surface area contributed by atoms with Crippen LogP contribution in [0.4, 0.5) is 0 Å². The molecule has 1 amide bonds. The van der Waals surface area contributed by atoms with E-state index in [1.807, 2.05) is 0 Å². The Hall–Kier alpha value is -1.92. The van der Waals surface area contributed by atoms with Gasteiger partial charge in [-0.2, -0.15) is 5.06 Å². The zero-order valence-electron chi connectivity index (χ0n) is 13.5. The zero-order chi connectivity index (χ0) is 17.4. The number of amides is 1. The summed E-state index contributed by atoms with van der Waals surface area (Å²) in [5, 5.41) is 13.1. The Morgan fingerprint density at radius 2 is 1.92 bits per heavy atom. The van der Waals surface area contributed by atoms with Crippen LogP contribution in [0, 0.1) is 0 Å². The number of hydrogen-bond donors (Lipinski definition) is 1. The van der Waals surface area contributed by atoms with Gasteiger partial charge in [0.15, 0.2) is 6.29 Å². The Labute approximate surface area is 150 Å². The normalized spacial score (nSPS) is 25.9. The van der Waals surface area contributed by atoms with E-state index in [2.05, 4.69) is 0 Å². The molecule has 2 heterocycles. The molecule has 5 nitrogen and oxygen atoms in total. The molecule has 0 spiro atoms. The van der Waals surface area contributed by atoms with Gasteiger partial charge >= 0.3 is 0 Å². The van der Waals surface area contributed by atoms with Gasteiger partial charge in [-0.1, -0.05) is 41.9 Å². The number of carbonyl (C=O) groups is 1. The molecule has 2 unspecified atom stereocenters. The molecular weight excluding hydrogens is 342 g/mol. The SMILES string of the molecule is O=C1c2ccccc2C(O)(c2ccc(Cl)cc2)N1OC1CCCCO1. The average Bonchev–Trinajstić information content (AvgIpc) is 2.86. The Morgan fingerprint density at radius 1 is 1.16 bits per heavy atom. The number of hydrogen-bond acceptors (Lipinski definition) is 4. The fourth-order valence-electron chi connectivity index (χ4n) is 3.33. The summed E-state index contributed by atoms with van der Waals surface area (Å²) >= 11 is 5.97. The summed E-state index contributed by atoms with van der Waals surface area (Å²) in [6.07, 6.45) is 2.05. The number of ether oxygens (including phenoxy) is 1. The van der Waals surface area contributed by atoms with Gasteiger partial charge < -0.3 is 9.84 Å². The number of halogens is 1. The van der Waals surface area contributed by atoms with Crippen molar-refractivity contribution in [1.82, 2.24) is 5.06 Å². The average molecular weight is 360 g/mol. The van der Waals surface area contributed by atoms with Gasteiger partial charge in [0.05, 0.1) is 5.56 Å². The smallest absolute Gasteiger partial charge is 0.281 e. The molecule has 2 aromatic carbocycles. The molecule has 0 aliphatic carbocycles. The van der Waals surface area contributed by atoms with Crippen molar-refractivity contribution in [3.63, 3.8) is 0 Å². The van der Waals surface area contributed by atoms with Gasteiger partial charge in [0.25, 0.3) is 5.91 Å². The van der Waals surface area contributed by atoms with Crippen molar-refractivity contribution in [2.75, 3.05) is 6.61 Å². The quantitative estimate of drug-likeness (QED) is 0.912. The van der Waals surface area contributed by atoms with Crippen molar-refractivity contribution in [2.24, 2.45) is 0 Å². The highest BCUT2D eigenvalue weighted by molar-refractivity contribution is 6.30. The molecule has 2 atom stereocenters. The van der Waals surface area contributed by atoms with E-state index in [0.717, 1.165) is 17.9 Å². The molecule has 0 bridgehead atoms. The highest BCUT2D eigenvalue weighted by Crippen LogP contribution is 2.43. The van der Waals surface area contributed by atoms with Gasteiger partial charge in [0, 0.05) is 29.2 Å². The maximum atomic E-state index is 12.9. The lowest BCUT2D eigenvalue weighted by Gasteiger charge is -2.36. The second kappa shape index (κ2) is 6.42. The molecule has 25 heavy (non-hydrogen) atoms. The number of nitrogens with zero attached hydrogens (tertiary/aromatic N) is 1. The minimum Gasteiger partial charge on any atom is -0.361 e. The van der Waals surface area contributed by atoms with Gasteiger partial charge in [-0.25, -0.2) is 4.84 Å². The van der Waals surface area contributed by atoms with Crippen LogP contribution in [0.1, 0.15) is 40.7 Å². The molecule has 0 saturated carbocycles. The van der Waals surface area contributed by atoms with Gasteiger partial charge in [0.2, 0.25) is 5.72 Å². The topological polar surface area (TPSA) is 59.0 Å². The Kier molecular flexibility index (Phi) is 4.25. The van der Waals surface area contributed by atoms with Crippen LogP contribution in [0.2, 0.25) is 5.02 Å². The number of rotatable bonds is 3. The first-order valence-corrected chi connectivity index (χ1v) is 8.69. The van der Waals surface area contributed by atoms with Crippen molar-refractivity contribution < 1.29 is 19.5 Å². The monoisotopic (exact) mass is 359 g/mol. The van der Waals surface area contributed by atoms with E-state index in [4.69, 9.17) is 21.2 Å². The molecule has 130 valence electrons. The predicted octanol–water partition coefficient (Wildman–Crippen LogP) is 3.45. The summed E-state index contributed by atoms with van der Waals surface area (Å²) in [4.78, 5) is 18.7. The number of benzene rings is 2. The third kappa shape index (κ3) is 2.73. The zero-order valence-corrected chi connectivity index (χ0v) is 14.3. The molecule has 1 N–H and O–H groups in total. The van der Waals surface area contributed by atoms with E-state index in [1.54, 1.807) is 48.5 Å². The molecule has 2 aliphatic rings. The van der Waals surface area contributed by atoms with Crippen LogP contribution in [-0.2, 0) is 15.3 Å². The lowest BCUT2D eigenvalue weighted by molar-refractivity contribution is -0.324. The molecule has 0 radical (unpaired) electrons. The highest BCUT2D eigenvalue weighted by Gasteiger charge is 2.52. The molecule has 0 aromatic heterocycles. The first kappa shape index (κ1) is 16.5. The van der Waals surface area contributed by atoms with Crippen molar-refractivity contribution in [2.45, 2.75) is 31.3 Å². The lowest BCUT2D eigenvalue weighted by Crippen LogP contribution is -2.47. The molecule has 6 heteroatoms. The van der Waals surface area contributed by atoms with Crippen LogP contribution in [0.3, 0.4) is 0 Å². The van der Waals surface area contributed by atoms with Crippen LogP contribution >= 0.6 is 11.6 Å². The maximum absolute atomic E-state index is 12.9. The first-order chi connectivity index (χ1) is 12.1. The highest BCUT2D eigenvalue weighted by atomic mass is 35.5. The molecule has 1 saturated heterocycles. The second-order valence-corrected chi connectivity index (χ2v) is 6.66. The van der Waals surface area contributed by atoms with Gasteiger partial charge in [0.1, 0.15) is 0 Å². The van der Waals surface area contributed by atoms with Crippen LogP contribution < -0.4 is 0 Å². The minimum absolute atomic E-state index is 0.387. The van der Waals surface area contributed by atoms with E-state index in [-0.39, 0.29) is 5.91 Å². The summed E-state index contributed by atoms with van der Waals surface area (Å²) in [6.45, 7) is 0.582. The van der Waals surface area contributed by atoms with Crippen LogP contribution in [0.15, 0.2) is 48.5 Å². The maximum Gasteiger partial charge on any atom is 0.281 e. The van der Waals surface area contributed by atoms with Gasteiger partial charge in [-0.15, -0.1) is 0 Å². The van der Waals surface area contributed by atoms with Gasteiger partial charge in [-0.3, -0.25) is 4.79 Å². The number of aliphatic hydroxyl groups is 1. The largest absolute Gasteiger partial charge is 0.361 e. The fraction of sp³-hybridized carbons (Fsp3) is 0.316. The van der Waals surface area contributed by atoms with E-state index in [1.165, 1.54) is 0 Å². The van der Waals surface area contributed by atoms with E-state index < -0.39 is 12.0 Å². The van der Waals surface area contributed by atoms with Crippen LogP contribution in [0.5, 0.6) is 0 Å².